The van der Waals surface area contributed by atoms with Crippen LogP contribution in [-0.2, 0) is 9.53 Å². The summed E-state index contributed by atoms with van der Waals surface area (Å²) in [5.41, 5.74) is 0. The van der Waals surface area contributed by atoms with Gasteiger partial charge in [-0.2, -0.15) is 0 Å². The number of ether oxygens (including phenoxy) is 1. The third kappa shape index (κ3) is 6.89. The van der Waals surface area contributed by atoms with E-state index in [9.17, 15) is 9.90 Å². The molecular weight excluding hydrogens is 244 g/mol. The number of carbonyl (C=O) groups is 1. The number of rotatable bonds is 8. The van der Waals surface area contributed by atoms with Gasteiger partial charge in [0.2, 0.25) is 5.91 Å². The molecule has 0 aromatic rings. The van der Waals surface area contributed by atoms with Crippen molar-refractivity contribution in [2.75, 3.05) is 32.8 Å². The molecule has 0 aromatic carbocycles. The van der Waals surface area contributed by atoms with Crippen molar-refractivity contribution in [1.82, 2.24) is 10.2 Å². The largest absolute Gasteiger partial charge is 0.395 e. The summed E-state index contributed by atoms with van der Waals surface area (Å²) < 4.78 is 5.41. The van der Waals surface area contributed by atoms with Gasteiger partial charge in [0.1, 0.15) is 0 Å². The smallest absolute Gasteiger partial charge is 0.234 e. The zero-order valence-electron chi connectivity index (χ0n) is 12.2. The van der Waals surface area contributed by atoms with E-state index < -0.39 is 0 Å². The van der Waals surface area contributed by atoms with Gasteiger partial charge < -0.3 is 15.2 Å². The van der Waals surface area contributed by atoms with Gasteiger partial charge in [0.05, 0.1) is 19.3 Å². The molecule has 1 heterocycles. The number of amides is 1. The molecule has 1 aliphatic heterocycles. The number of hydrogen-bond donors (Lipinski definition) is 2. The molecule has 112 valence electrons. The minimum Gasteiger partial charge on any atom is -0.395 e. The fraction of sp³-hybridized carbons (Fsp3) is 0.929. The predicted molar refractivity (Wildman–Crippen MR) is 75.0 cm³/mol. The molecule has 1 aliphatic rings. The molecule has 2 N–H and O–H groups in total. The van der Waals surface area contributed by atoms with E-state index in [1.807, 2.05) is 13.8 Å². The third-order valence-corrected chi connectivity index (χ3v) is 3.40. The van der Waals surface area contributed by atoms with Crippen LogP contribution in [0.1, 0.15) is 39.5 Å². The van der Waals surface area contributed by atoms with Crippen LogP contribution in [0.5, 0.6) is 0 Å². The van der Waals surface area contributed by atoms with Crippen molar-refractivity contribution in [3.8, 4) is 0 Å². The van der Waals surface area contributed by atoms with Crippen LogP contribution >= 0.6 is 0 Å². The first-order chi connectivity index (χ1) is 9.13. The first-order valence-electron chi connectivity index (χ1n) is 7.36. The maximum Gasteiger partial charge on any atom is 0.234 e. The molecule has 0 radical (unpaired) electrons. The standard InChI is InChI=1S/C14H28N2O3/c1-12(2)19-9-5-7-15-14(18)10-16-8-4-3-6-13(16)11-17/h12-13,17H,3-11H2,1-2H3,(H,15,18). The maximum atomic E-state index is 11.8. The van der Waals surface area contributed by atoms with E-state index in [4.69, 9.17) is 4.74 Å². The van der Waals surface area contributed by atoms with Crippen LogP contribution in [0.4, 0.5) is 0 Å². The highest BCUT2D eigenvalue weighted by Crippen LogP contribution is 2.15. The Balaban J connectivity index is 2.12. The first-order valence-corrected chi connectivity index (χ1v) is 7.36. The Bertz CT molecular complexity index is 259. The van der Waals surface area contributed by atoms with Crippen molar-refractivity contribution < 1.29 is 14.6 Å². The Kier molecular flexibility index (Phi) is 8.02. The number of nitrogens with one attached hydrogen (secondary N) is 1. The number of hydrogen-bond acceptors (Lipinski definition) is 4. The molecule has 1 atom stereocenters. The van der Waals surface area contributed by atoms with Crippen LogP contribution in [-0.4, -0.2) is 60.9 Å². The lowest BCUT2D eigenvalue weighted by Gasteiger charge is -2.33. The van der Waals surface area contributed by atoms with Crippen LogP contribution < -0.4 is 5.32 Å². The summed E-state index contributed by atoms with van der Waals surface area (Å²) in [6.07, 6.45) is 4.34. The van der Waals surface area contributed by atoms with Crippen molar-refractivity contribution in [1.29, 1.82) is 0 Å². The van der Waals surface area contributed by atoms with Crippen molar-refractivity contribution in [2.24, 2.45) is 0 Å². The molecule has 0 aromatic heterocycles. The molecule has 0 bridgehead atoms. The Morgan fingerprint density at radius 3 is 2.95 bits per heavy atom. The highest BCUT2D eigenvalue weighted by molar-refractivity contribution is 5.78. The SMILES string of the molecule is CC(C)OCCCNC(=O)CN1CCCCC1CO. The molecule has 1 saturated heterocycles. The van der Waals surface area contributed by atoms with Gasteiger partial charge in [0.15, 0.2) is 0 Å². The fourth-order valence-electron chi connectivity index (χ4n) is 2.33. The van der Waals surface area contributed by atoms with Crippen molar-refractivity contribution >= 4 is 5.91 Å². The lowest BCUT2D eigenvalue weighted by molar-refractivity contribution is -0.123. The van der Waals surface area contributed by atoms with Gasteiger partial charge in [-0.05, 0) is 39.7 Å². The van der Waals surface area contributed by atoms with E-state index in [-0.39, 0.29) is 24.7 Å². The number of carbonyl (C=O) groups excluding carboxylic acids is 1. The van der Waals surface area contributed by atoms with Gasteiger partial charge in [-0.3, -0.25) is 9.69 Å². The Morgan fingerprint density at radius 2 is 2.26 bits per heavy atom. The average Bonchev–Trinajstić information content (AvgIpc) is 2.38. The summed E-state index contributed by atoms with van der Waals surface area (Å²) >= 11 is 0. The molecular formula is C14H28N2O3. The molecule has 0 spiro atoms. The Hall–Kier alpha value is -0.650. The number of likely N-dealkylation sites (tertiary alicyclic amines) is 1. The van der Waals surface area contributed by atoms with E-state index in [2.05, 4.69) is 10.2 Å². The van der Waals surface area contributed by atoms with Crippen LogP contribution in [0.25, 0.3) is 0 Å². The summed E-state index contributed by atoms with van der Waals surface area (Å²) in [5.74, 6) is 0.0462. The molecule has 0 saturated carbocycles. The Labute approximate surface area is 116 Å². The van der Waals surface area contributed by atoms with E-state index in [1.165, 1.54) is 0 Å². The summed E-state index contributed by atoms with van der Waals surface area (Å²) in [5, 5.41) is 12.2. The second-order valence-electron chi connectivity index (χ2n) is 5.43. The predicted octanol–water partition coefficient (Wildman–Crippen LogP) is 0.765. The van der Waals surface area contributed by atoms with Crippen molar-refractivity contribution in [3.05, 3.63) is 0 Å². The zero-order chi connectivity index (χ0) is 14.1. The highest BCUT2D eigenvalue weighted by atomic mass is 16.5. The van der Waals surface area contributed by atoms with Crippen LogP contribution in [0.2, 0.25) is 0 Å². The monoisotopic (exact) mass is 272 g/mol. The molecule has 1 rings (SSSR count). The quantitative estimate of drug-likeness (QED) is 0.641. The molecule has 5 heteroatoms. The molecule has 19 heavy (non-hydrogen) atoms. The zero-order valence-corrected chi connectivity index (χ0v) is 12.2. The Morgan fingerprint density at radius 1 is 1.47 bits per heavy atom. The van der Waals surface area contributed by atoms with Crippen LogP contribution in [0.3, 0.4) is 0 Å². The number of aliphatic hydroxyl groups is 1. The summed E-state index contributed by atoms with van der Waals surface area (Å²) in [6, 6.07) is 0.156. The molecule has 1 amide bonds. The number of nitrogens with zero attached hydrogens (tertiary/aromatic N) is 1. The highest BCUT2D eigenvalue weighted by Gasteiger charge is 2.23. The molecule has 1 unspecified atom stereocenters. The van der Waals surface area contributed by atoms with Gasteiger partial charge in [0, 0.05) is 19.2 Å². The summed E-state index contributed by atoms with van der Waals surface area (Å²) in [6.45, 7) is 6.80. The average molecular weight is 272 g/mol. The van der Waals surface area contributed by atoms with Gasteiger partial charge in [-0.25, -0.2) is 0 Å². The minimum atomic E-state index is 0.0462. The van der Waals surface area contributed by atoms with Crippen molar-refractivity contribution in [2.45, 2.75) is 51.7 Å². The van der Waals surface area contributed by atoms with E-state index in [0.717, 1.165) is 32.2 Å². The molecule has 0 aliphatic carbocycles. The second kappa shape index (κ2) is 9.28. The summed E-state index contributed by atoms with van der Waals surface area (Å²) in [7, 11) is 0. The second-order valence-corrected chi connectivity index (χ2v) is 5.43. The van der Waals surface area contributed by atoms with Gasteiger partial charge in [-0.1, -0.05) is 6.42 Å². The third-order valence-electron chi connectivity index (χ3n) is 3.40. The van der Waals surface area contributed by atoms with E-state index >= 15 is 0 Å². The van der Waals surface area contributed by atoms with Crippen molar-refractivity contribution in [3.63, 3.8) is 0 Å². The van der Waals surface area contributed by atoms with Crippen LogP contribution in [0.15, 0.2) is 0 Å². The van der Waals surface area contributed by atoms with Crippen LogP contribution in [0, 0.1) is 0 Å². The topological polar surface area (TPSA) is 61.8 Å². The number of piperidine rings is 1. The molecule has 5 nitrogen and oxygen atoms in total. The van der Waals surface area contributed by atoms with E-state index in [0.29, 0.717) is 19.7 Å². The van der Waals surface area contributed by atoms with Gasteiger partial charge >= 0.3 is 0 Å². The first kappa shape index (κ1) is 16.4. The number of aliphatic hydroxyl groups excluding tert-OH is 1. The van der Waals surface area contributed by atoms with Gasteiger partial charge in [0.25, 0.3) is 0 Å². The minimum absolute atomic E-state index is 0.0462. The van der Waals surface area contributed by atoms with E-state index in [1.54, 1.807) is 0 Å². The molecule has 1 fully saturated rings. The summed E-state index contributed by atoms with van der Waals surface area (Å²) in [4.78, 5) is 13.9. The van der Waals surface area contributed by atoms with Gasteiger partial charge in [-0.15, -0.1) is 0 Å². The lowest BCUT2D eigenvalue weighted by Crippen LogP contribution is -2.47. The fourth-order valence-corrected chi connectivity index (χ4v) is 2.33. The normalized spacial score (nSPS) is 20.7. The maximum absolute atomic E-state index is 11.8. The lowest BCUT2D eigenvalue weighted by atomic mass is 10.0.